The van der Waals surface area contributed by atoms with E-state index in [1.807, 2.05) is 18.2 Å². The number of hydrogen-bond acceptors (Lipinski definition) is 4. The Balaban J connectivity index is 2.04. The van der Waals surface area contributed by atoms with E-state index in [4.69, 9.17) is 10.3 Å². The molecule has 1 aromatic heterocycles. The molecular formula is C13H13N3O2. The molecule has 2 aromatic rings. The first kappa shape index (κ1) is 10.8. The molecule has 2 N–H and O–H groups in total. The summed E-state index contributed by atoms with van der Waals surface area (Å²) in [4.78, 5) is 13.3. The first-order chi connectivity index (χ1) is 8.65. The van der Waals surface area contributed by atoms with Gasteiger partial charge in [-0.1, -0.05) is 5.16 Å². The van der Waals surface area contributed by atoms with Crippen LogP contribution >= 0.6 is 0 Å². The van der Waals surface area contributed by atoms with Crippen LogP contribution in [0, 0.1) is 0 Å². The van der Waals surface area contributed by atoms with Gasteiger partial charge in [0.2, 0.25) is 5.91 Å². The molecule has 0 fully saturated rings. The van der Waals surface area contributed by atoms with E-state index in [1.54, 1.807) is 18.0 Å². The minimum atomic E-state index is 0.152. The molecule has 1 aliphatic heterocycles. The third-order valence-corrected chi connectivity index (χ3v) is 3.24. The van der Waals surface area contributed by atoms with Gasteiger partial charge in [0.25, 0.3) is 0 Å². The van der Waals surface area contributed by atoms with Crippen molar-refractivity contribution in [3.05, 3.63) is 29.8 Å². The summed E-state index contributed by atoms with van der Waals surface area (Å²) in [6.45, 7) is 0. The fraction of sp³-hybridized carbons (Fsp3) is 0.231. The molecule has 0 unspecified atom stereocenters. The van der Waals surface area contributed by atoms with E-state index in [-0.39, 0.29) is 5.91 Å². The van der Waals surface area contributed by atoms with Crippen LogP contribution in [0.3, 0.4) is 0 Å². The lowest BCUT2D eigenvalue weighted by Crippen LogP contribution is -2.30. The Bertz CT molecular complexity index is 618. The fourth-order valence-electron chi connectivity index (χ4n) is 2.23. The van der Waals surface area contributed by atoms with Crippen molar-refractivity contribution in [2.24, 2.45) is 0 Å². The van der Waals surface area contributed by atoms with Gasteiger partial charge in [-0.15, -0.1) is 0 Å². The van der Waals surface area contributed by atoms with Gasteiger partial charge in [0, 0.05) is 30.8 Å². The summed E-state index contributed by atoms with van der Waals surface area (Å²) in [5.74, 6) is 1.17. The number of hydrogen-bond donors (Lipinski definition) is 1. The third-order valence-electron chi connectivity index (χ3n) is 3.24. The molecular weight excluding hydrogens is 230 g/mol. The molecule has 0 bridgehead atoms. The molecule has 1 aromatic carbocycles. The van der Waals surface area contributed by atoms with Crippen molar-refractivity contribution >= 4 is 17.4 Å². The van der Waals surface area contributed by atoms with E-state index in [0.717, 1.165) is 23.2 Å². The summed E-state index contributed by atoms with van der Waals surface area (Å²) in [6.07, 6.45) is 1.31. The Kier molecular flexibility index (Phi) is 2.33. The van der Waals surface area contributed by atoms with Crippen molar-refractivity contribution in [2.75, 3.05) is 17.7 Å². The average Bonchev–Trinajstić information content (AvgIpc) is 2.80. The maximum absolute atomic E-state index is 11.6. The van der Waals surface area contributed by atoms with Crippen molar-refractivity contribution < 1.29 is 9.32 Å². The number of amides is 1. The van der Waals surface area contributed by atoms with Crippen molar-refractivity contribution in [3.63, 3.8) is 0 Å². The van der Waals surface area contributed by atoms with Crippen molar-refractivity contribution in [2.45, 2.75) is 12.8 Å². The van der Waals surface area contributed by atoms with Gasteiger partial charge in [0.05, 0.1) is 0 Å². The molecule has 0 spiro atoms. The lowest BCUT2D eigenvalue weighted by atomic mass is 9.98. The standard InChI is InChI=1S/C13H13N3O2/c1-16-10-4-2-9(11-7-12(14)15-18-11)6-8(10)3-5-13(16)17/h2,4,6-7H,3,5H2,1H3,(H2,14,15). The minimum Gasteiger partial charge on any atom is -0.381 e. The van der Waals surface area contributed by atoms with Crippen LogP contribution < -0.4 is 10.6 Å². The van der Waals surface area contributed by atoms with Crippen molar-refractivity contribution in [1.29, 1.82) is 0 Å². The van der Waals surface area contributed by atoms with Crippen LogP contribution in [-0.4, -0.2) is 18.1 Å². The monoisotopic (exact) mass is 243 g/mol. The summed E-state index contributed by atoms with van der Waals surface area (Å²) >= 11 is 0. The smallest absolute Gasteiger partial charge is 0.227 e. The number of aromatic nitrogens is 1. The molecule has 5 nitrogen and oxygen atoms in total. The number of carbonyl (C=O) groups excluding carboxylic acids is 1. The number of rotatable bonds is 1. The molecule has 0 saturated heterocycles. The van der Waals surface area contributed by atoms with Crippen LogP contribution in [0.5, 0.6) is 0 Å². The molecule has 3 rings (SSSR count). The SMILES string of the molecule is CN1C(=O)CCc2cc(-c3cc(N)no3)ccc21. The lowest BCUT2D eigenvalue weighted by molar-refractivity contribution is -0.118. The molecule has 2 heterocycles. The van der Waals surface area contributed by atoms with E-state index < -0.39 is 0 Å². The van der Waals surface area contributed by atoms with Crippen LogP contribution in [0.25, 0.3) is 11.3 Å². The van der Waals surface area contributed by atoms with Gasteiger partial charge >= 0.3 is 0 Å². The Morgan fingerprint density at radius 2 is 2.17 bits per heavy atom. The quantitative estimate of drug-likeness (QED) is 0.829. The van der Waals surface area contributed by atoms with Crippen LogP contribution in [0.4, 0.5) is 11.5 Å². The Hall–Kier alpha value is -2.30. The summed E-state index contributed by atoms with van der Waals surface area (Å²) < 4.78 is 5.13. The number of nitrogens with zero attached hydrogens (tertiary/aromatic N) is 2. The highest BCUT2D eigenvalue weighted by atomic mass is 16.5. The topological polar surface area (TPSA) is 72.4 Å². The molecule has 0 atom stereocenters. The Morgan fingerprint density at radius 1 is 1.33 bits per heavy atom. The minimum absolute atomic E-state index is 0.152. The van der Waals surface area contributed by atoms with Crippen LogP contribution in [0.1, 0.15) is 12.0 Å². The van der Waals surface area contributed by atoms with Crippen LogP contribution in [0.15, 0.2) is 28.8 Å². The van der Waals surface area contributed by atoms with Gasteiger partial charge < -0.3 is 15.2 Å². The molecule has 1 aliphatic rings. The molecule has 1 amide bonds. The second kappa shape index (κ2) is 3.87. The summed E-state index contributed by atoms with van der Waals surface area (Å²) in [6, 6.07) is 7.56. The highest BCUT2D eigenvalue weighted by molar-refractivity contribution is 5.96. The summed E-state index contributed by atoms with van der Waals surface area (Å²) in [5, 5.41) is 3.67. The first-order valence-electron chi connectivity index (χ1n) is 5.77. The van der Waals surface area contributed by atoms with Gasteiger partial charge in [0.1, 0.15) is 0 Å². The number of anilines is 2. The number of carbonyl (C=O) groups is 1. The molecule has 0 saturated carbocycles. The van der Waals surface area contributed by atoms with Crippen molar-refractivity contribution in [3.8, 4) is 11.3 Å². The molecule has 92 valence electrons. The molecule has 18 heavy (non-hydrogen) atoms. The maximum atomic E-state index is 11.6. The van der Waals surface area contributed by atoms with E-state index >= 15 is 0 Å². The van der Waals surface area contributed by atoms with E-state index in [0.29, 0.717) is 18.0 Å². The largest absolute Gasteiger partial charge is 0.381 e. The zero-order valence-electron chi connectivity index (χ0n) is 10.0. The van der Waals surface area contributed by atoms with Gasteiger partial charge in [-0.3, -0.25) is 4.79 Å². The van der Waals surface area contributed by atoms with Gasteiger partial charge in [-0.05, 0) is 30.2 Å². The number of nitrogen functional groups attached to an aromatic ring is 1. The second-order valence-corrected chi connectivity index (χ2v) is 4.41. The fourth-order valence-corrected chi connectivity index (χ4v) is 2.23. The van der Waals surface area contributed by atoms with E-state index in [2.05, 4.69) is 5.16 Å². The number of aryl methyl sites for hydroxylation is 1. The second-order valence-electron chi connectivity index (χ2n) is 4.41. The zero-order valence-corrected chi connectivity index (χ0v) is 10.0. The molecule has 0 aliphatic carbocycles. The Morgan fingerprint density at radius 3 is 2.89 bits per heavy atom. The van der Waals surface area contributed by atoms with E-state index in [9.17, 15) is 4.79 Å². The number of fused-ring (bicyclic) bond motifs is 1. The van der Waals surface area contributed by atoms with Gasteiger partial charge in [-0.2, -0.15) is 0 Å². The van der Waals surface area contributed by atoms with Gasteiger partial charge in [-0.25, -0.2) is 0 Å². The average molecular weight is 243 g/mol. The summed E-state index contributed by atoms with van der Waals surface area (Å²) in [7, 11) is 1.80. The normalized spacial score (nSPS) is 14.7. The number of nitrogens with two attached hydrogens (primary N) is 1. The van der Waals surface area contributed by atoms with Crippen LogP contribution in [-0.2, 0) is 11.2 Å². The molecule has 0 radical (unpaired) electrons. The zero-order chi connectivity index (χ0) is 12.7. The van der Waals surface area contributed by atoms with E-state index in [1.165, 1.54) is 0 Å². The predicted molar refractivity (Wildman–Crippen MR) is 68.1 cm³/mol. The van der Waals surface area contributed by atoms with Gasteiger partial charge in [0.15, 0.2) is 11.6 Å². The first-order valence-corrected chi connectivity index (χ1v) is 5.77. The Labute approximate surface area is 104 Å². The lowest BCUT2D eigenvalue weighted by Gasteiger charge is -2.25. The van der Waals surface area contributed by atoms with Crippen molar-refractivity contribution in [1.82, 2.24) is 5.16 Å². The number of benzene rings is 1. The third kappa shape index (κ3) is 1.64. The predicted octanol–water partition coefficient (Wildman–Crippen LogP) is 1.83. The maximum Gasteiger partial charge on any atom is 0.227 e. The summed E-state index contributed by atoms with van der Waals surface area (Å²) in [5.41, 5.74) is 8.57. The highest BCUT2D eigenvalue weighted by Gasteiger charge is 2.21. The van der Waals surface area contributed by atoms with Crippen LogP contribution in [0.2, 0.25) is 0 Å². The highest BCUT2D eigenvalue weighted by Crippen LogP contribution is 2.31. The molecule has 5 heteroatoms.